The minimum absolute atomic E-state index is 0.211. The van der Waals surface area contributed by atoms with Gasteiger partial charge in [-0.2, -0.15) is 0 Å². The molecule has 2 rings (SSSR count). The Balaban J connectivity index is 1.83. The van der Waals surface area contributed by atoms with E-state index < -0.39 is 0 Å². The first-order valence-corrected chi connectivity index (χ1v) is 14.2. The van der Waals surface area contributed by atoms with Gasteiger partial charge >= 0.3 is 0 Å². The van der Waals surface area contributed by atoms with Gasteiger partial charge in [-0.05, 0) is 79.2 Å². The van der Waals surface area contributed by atoms with Crippen LogP contribution in [0.1, 0.15) is 116 Å². The summed E-state index contributed by atoms with van der Waals surface area (Å²) >= 11 is 0. The van der Waals surface area contributed by atoms with Crippen LogP contribution < -0.4 is 0 Å². The van der Waals surface area contributed by atoms with Gasteiger partial charge in [0.15, 0.2) is 0 Å². The zero-order valence-electron chi connectivity index (χ0n) is 24.8. The normalized spacial score (nSPS) is 12.8. The molecule has 0 spiro atoms. The number of ketones is 1. The topological polar surface area (TPSA) is 47.8 Å². The van der Waals surface area contributed by atoms with Crippen molar-refractivity contribution in [3.63, 3.8) is 0 Å². The highest BCUT2D eigenvalue weighted by atomic mass is 16.1. The Morgan fingerprint density at radius 2 is 1.56 bits per heavy atom. The van der Waals surface area contributed by atoms with Crippen LogP contribution in [0.15, 0.2) is 24.4 Å². The second kappa shape index (κ2) is 13.1. The Morgan fingerprint density at radius 3 is 2.17 bits per heavy atom. The fourth-order valence-electron chi connectivity index (χ4n) is 4.82. The van der Waals surface area contributed by atoms with E-state index in [4.69, 9.17) is 0 Å². The summed E-state index contributed by atoms with van der Waals surface area (Å²) in [6.45, 7) is 19.3. The molecule has 200 valence electrons. The maximum absolute atomic E-state index is 11.7. The number of nitrogens with zero attached hydrogens (tertiary/aromatic N) is 3. The molecule has 0 bridgehead atoms. The lowest BCUT2D eigenvalue weighted by atomic mass is 9.75. The standard InChI is InChI=1S/C31H52BN3O/c1-24(36)20-26-11-10-25(22-32)21-27(26)12-13-28-23-35(34-33-28)19-18-31(7,8)15-9-14-30(5,6)17-16-29(2,3)4/h10-11,21,23H,9,12-20,22,32H2,1-8H3. The van der Waals surface area contributed by atoms with E-state index in [2.05, 4.69) is 91.0 Å². The lowest BCUT2D eigenvalue weighted by Gasteiger charge is -2.31. The van der Waals surface area contributed by atoms with Crippen LogP contribution in [0.3, 0.4) is 0 Å². The molecule has 0 atom stereocenters. The number of rotatable bonds is 15. The summed E-state index contributed by atoms with van der Waals surface area (Å²) in [5.74, 6) is 0.211. The summed E-state index contributed by atoms with van der Waals surface area (Å²) in [6.07, 6.45) is 12.9. The molecular weight excluding hydrogens is 441 g/mol. The van der Waals surface area contributed by atoms with Crippen molar-refractivity contribution in [1.82, 2.24) is 15.0 Å². The summed E-state index contributed by atoms with van der Waals surface area (Å²) in [4.78, 5) is 11.7. The van der Waals surface area contributed by atoms with Crippen LogP contribution in [0.5, 0.6) is 0 Å². The molecule has 0 aliphatic heterocycles. The van der Waals surface area contributed by atoms with Gasteiger partial charge in [-0.3, -0.25) is 9.48 Å². The molecule has 36 heavy (non-hydrogen) atoms. The molecule has 0 fully saturated rings. The van der Waals surface area contributed by atoms with E-state index in [1.54, 1.807) is 6.92 Å². The van der Waals surface area contributed by atoms with E-state index in [1.165, 1.54) is 43.2 Å². The molecule has 1 aromatic carbocycles. The van der Waals surface area contributed by atoms with Crippen molar-refractivity contribution in [2.75, 3.05) is 0 Å². The fourth-order valence-corrected chi connectivity index (χ4v) is 4.82. The van der Waals surface area contributed by atoms with E-state index in [0.717, 1.165) is 43.4 Å². The Bertz CT molecular complexity index is 968. The predicted molar refractivity (Wildman–Crippen MR) is 155 cm³/mol. The van der Waals surface area contributed by atoms with E-state index in [-0.39, 0.29) is 5.78 Å². The Hall–Kier alpha value is -1.91. The van der Waals surface area contributed by atoms with Gasteiger partial charge in [0.05, 0.1) is 5.69 Å². The molecule has 1 heterocycles. The number of aryl methyl sites for hydroxylation is 3. The van der Waals surface area contributed by atoms with Gasteiger partial charge in [0.25, 0.3) is 0 Å². The third-order valence-electron chi connectivity index (χ3n) is 7.63. The zero-order valence-corrected chi connectivity index (χ0v) is 24.8. The van der Waals surface area contributed by atoms with Crippen LogP contribution in [0.25, 0.3) is 0 Å². The van der Waals surface area contributed by atoms with Crippen molar-refractivity contribution in [2.24, 2.45) is 16.2 Å². The van der Waals surface area contributed by atoms with Gasteiger partial charge in [-0.15, -0.1) is 5.10 Å². The molecule has 0 aliphatic rings. The fraction of sp³-hybridized carbons (Fsp3) is 0.710. The molecule has 0 radical (unpaired) electrons. The van der Waals surface area contributed by atoms with Crippen LogP contribution >= 0.6 is 0 Å². The van der Waals surface area contributed by atoms with Crippen molar-refractivity contribution >= 4 is 13.6 Å². The maximum atomic E-state index is 11.7. The highest BCUT2D eigenvalue weighted by Gasteiger charge is 2.24. The number of carbonyl (C=O) groups excluding carboxylic acids is 1. The van der Waals surface area contributed by atoms with Crippen molar-refractivity contribution < 1.29 is 4.79 Å². The van der Waals surface area contributed by atoms with Gasteiger partial charge in [0.1, 0.15) is 13.6 Å². The minimum Gasteiger partial charge on any atom is -0.300 e. The maximum Gasteiger partial charge on any atom is 0.134 e. The molecule has 4 nitrogen and oxygen atoms in total. The minimum atomic E-state index is 0.211. The van der Waals surface area contributed by atoms with Crippen molar-refractivity contribution in [2.45, 2.75) is 126 Å². The van der Waals surface area contributed by atoms with Crippen LogP contribution in [-0.4, -0.2) is 28.6 Å². The molecule has 0 saturated carbocycles. The second-order valence-electron chi connectivity index (χ2n) is 13.8. The number of aromatic nitrogens is 3. The molecule has 0 N–H and O–H groups in total. The Morgan fingerprint density at radius 1 is 0.889 bits per heavy atom. The lowest BCUT2D eigenvalue weighted by Crippen LogP contribution is -2.19. The van der Waals surface area contributed by atoms with E-state index >= 15 is 0 Å². The first-order chi connectivity index (χ1) is 16.7. The molecule has 1 aromatic heterocycles. The quantitative estimate of drug-likeness (QED) is 0.257. The number of benzene rings is 1. The van der Waals surface area contributed by atoms with E-state index in [1.807, 2.05) is 4.68 Å². The first kappa shape index (κ1) is 30.3. The zero-order chi connectivity index (χ0) is 27.0. The molecule has 0 amide bonds. The van der Waals surface area contributed by atoms with Gasteiger partial charge in [-0.25, -0.2) is 0 Å². The van der Waals surface area contributed by atoms with Crippen LogP contribution in [0.2, 0.25) is 0 Å². The summed E-state index contributed by atoms with van der Waals surface area (Å²) in [7, 11) is 2.17. The Labute approximate surface area is 222 Å². The van der Waals surface area contributed by atoms with Crippen molar-refractivity contribution in [1.29, 1.82) is 0 Å². The highest BCUT2D eigenvalue weighted by Crippen LogP contribution is 2.36. The summed E-state index contributed by atoms with van der Waals surface area (Å²) < 4.78 is 2.02. The van der Waals surface area contributed by atoms with Crippen LogP contribution in [0, 0.1) is 16.2 Å². The lowest BCUT2D eigenvalue weighted by molar-refractivity contribution is -0.116. The number of hydrogen-bond donors (Lipinski definition) is 0. The first-order valence-electron chi connectivity index (χ1n) is 14.2. The Kier molecular flexibility index (Phi) is 11.0. The number of Topliss-reactive ketones (excluding diaryl/α,β-unsaturated/α-hetero) is 1. The van der Waals surface area contributed by atoms with Crippen LogP contribution in [0.4, 0.5) is 0 Å². The molecule has 5 heteroatoms. The molecule has 0 aliphatic carbocycles. The number of carbonyl (C=O) groups is 1. The summed E-state index contributed by atoms with van der Waals surface area (Å²) in [6, 6.07) is 6.53. The average molecular weight is 494 g/mol. The monoisotopic (exact) mass is 493 g/mol. The largest absolute Gasteiger partial charge is 0.300 e. The third-order valence-corrected chi connectivity index (χ3v) is 7.63. The van der Waals surface area contributed by atoms with Gasteiger partial charge < -0.3 is 0 Å². The molecule has 0 saturated heterocycles. The van der Waals surface area contributed by atoms with Crippen molar-refractivity contribution in [3.8, 4) is 0 Å². The van der Waals surface area contributed by atoms with Crippen molar-refractivity contribution in [3.05, 3.63) is 46.8 Å². The van der Waals surface area contributed by atoms with Crippen LogP contribution in [-0.2, 0) is 36.9 Å². The van der Waals surface area contributed by atoms with E-state index in [0.29, 0.717) is 22.7 Å². The average Bonchev–Trinajstić information content (AvgIpc) is 3.23. The highest BCUT2D eigenvalue weighted by molar-refractivity contribution is 6.08. The van der Waals surface area contributed by atoms with Gasteiger partial charge in [0, 0.05) is 19.2 Å². The van der Waals surface area contributed by atoms with Gasteiger partial charge in [0.2, 0.25) is 0 Å². The second-order valence-corrected chi connectivity index (χ2v) is 13.8. The number of hydrogen-bond acceptors (Lipinski definition) is 3. The summed E-state index contributed by atoms with van der Waals surface area (Å²) in [5.41, 5.74) is 5.91. The summed E-state index contributed by atoms with van der Waals surface area (Å²) in [5, 5.41) is 8.86. The third kappa shape index (κ3) is 11.4. The molecule has 0 unspecified atom stereocenters. The smallest absolute Gasteiger partial charge is 0.134 e. The van der Waals surface area contributed by atoms with Gasteiger partial charge in [-0.1, -0.05) is 90.2 Å². The molecular formula is C31H52BN3O. The molecule has 2 aromatic rings. The SMILES string of the molecule is BCc1ccc(CC(C)=O)c(CCc2cn(CCC(C)(C)CCCC(C)(C)CCC(C)(C)C)nn2)c1. The van der Waals surface area contributed by atoms with E-state index in [9.17, 15) is 4.79 Å². The predicted octanol–water partition coefficient (Wildman–Crippen LogP) is 6.77.